The van der Waals surface area contributed by atoms with Crippen molar-refractivity contribution in [1.29, 1.82) is 0 Å². The molecule has 0 aromatic carbocycles. The highest BCUT2D eigenvalue weighted by Gasteiger charge is 2.31. The predicted molar refractivity (Wildman–Crippen MR) is 55.7 cm³/mol. The van der Waals surface area contributed by atoms with Crippen LogP contribution in [0.4, 0.5) is 0 Å². The quantitative estimate of drug-likeness (QED) is 0.673. The van der Waals surface area contributed by atoms with Crippen LogP contribution in [0.5, 0.6) is 0 Å². The molecule has 4 heteroatoms. The second kappa shape index (κ2) is 4.33. The zero-order chi connectivity index (χ0) is 9.90. The summed E-state index contributed by atoms with van der Waals surface area (Å²) in [6, 6.07) is 0. The van der Waals surface area contributed by atoms with E-state index in [1.165, 1.54) is 0 Å². The van der Waals surface area contributed by atoms with Crippen LogP contribution in [0.15, 0.2) is 4.99 Å². The maximum absolute atomic E-state index is 11.1. The van der Waals surface area contributed by atoms with E-state index >= 15 is 0 Å². The van der Waals surface area contributed by atoms with Crippen LogP contribution in [-0.2, 0) is 10.8 Å². The molecular weight excluding hydrogens is 186 g/mol. The molecule has 1 heterocycles. The van der Waals surface area contributed by atoms with Gasteiger partial charge >= 0.3 is 0 Å². The Kier molecular flexibility index (Phi) is 3.62. The number of hydrogen-bond acceptors (Lipinski definition) is 3. The van der Waals surface area contributed by atoms with Crippen molar-refractivity contribution in [2.75, 3.05) is 18.1 Å². The van der Waals surface area contributed by atoms with Crippen LogP contribution in [0.1, 0.15) is 26.7 Å². The lowest BCUT2D eigenvalue weighted by molar-refractivity contribution is 0.0407. The fraction of sp³-hybridized carbons (Fsp3) is 0.889. The molecule has 1 N–H and O–H groups in total. The maximum Gasteiger partial charge on any atom is 0.0859 e. The summed E-state index contributed by atoms with van der Waals surface area (Å²) in [4.78, 5) is 4.21. The SMILES string of the molecule is CC(C)=NCC1(O)CCS(=O)CC1. The Morgan fingerprint density at radius 3 is 2.46 bits per heavy atom. The van der Waals surface area contributed by atoms with Crippen molar-refractivity contribution in [3.63, 3.8) is 0 Å². The lowest BCUT2D eigenvalue weighted by atomic mass is 9.97. The lowest BCUT2D eigenvalue weighted by Crippen LogP contribution is -2.40. The van der Waals surface area contributed by atoms with E-state index < -0.39 is 16.4 Å². The standard InChI is InChI=1S/C9H17NO2S/c1-8(2)10-7-9(11)3-5-13(12)6-4-9/h11H,3-7H2,1-2H3. The molecule has 0 radical (unpaired) electrons. The van der Waals surface area contributed by atoms with Crippen LogP contribution in [0.2, 0.25) is 0 Å². The molecule has 0 aliphatic carbocycles. The molecule has 0 spiro atoms. The Balaban J connectivity index is 2.47. The smallest absolute Gasteiger partial charge is 0.0859 e. The molecule has 1 fully saturated rings. The zero-order valence-electron chi connectivity index (χ0n) is 8.25. The Labute approximate surface area is 81.7 Å². The molecule has 0 atom stereocenters. The Hall–Kier alpha value is -0.220. The van der Waals surface area contributed by atoms with Gasteiger partial charge in [-0.1, -0.05) is 0 Å². The van der Waals surface area contributed by atoms with Crippen molar-refractivity contribution < 1.29 is 9.32 Å². The van der Waals surface area contributed by atoms with Crippen molar-refractivity contribution in [2.24, 2.45) is 4.99 Å². The van der Waals surface area contributed by atoms with E-state index in [2.05, 4.69) is 4.99 Å². The lowest BCUT2D eigenvalue weighted by Gasteiger charge is -2.30. The van der Waals surface area contributed by atoms with E-state index in [1.807, 2.05) is 13.8 Å². The topological polar surface area (TPSA) is 49.7 Å². The molecule has 0 saturated carbocycles. The third kappa shape index (κ3) is 3.56. The second-order valence-corrected chi connectivity index (χ2v) is 5.53. The molecule has 13 heavy (non-hydrogen) atoms. The van der Waals surface area contributed by atoms with Crippen LogP contribution < -0.4 is 0 Å². The summed E-state index contributed by atoms with van der Waals surface area (Å²) in [6.07, 6.45) is 1.24. The van der Waals surface area contributed by atoms with E-state index in [9.17, 15) is 9.32 Å². The molecule has 0 bridgehead atoms. The van der Waals surface area contributed by atoms with Crippen molar-refractivity contribution in [3.8, 4) is 0 Å². The van der Waals surface area contributed by atoms with E-state index in [0.29, 0.717) is 30.9 Å². The first kappa shape index (κ1) is 10.9. The second-order valence-electron chi connectivity index (χ2n) is 3.84. The van der Waals surface area contributed by atoms with Crippen molar-refractivity contribution >= 4 is 16.5 Å². The van der Waals surface area contributed by atoms with Gasteiger partial charge in [-0.3, -0.25) is 9.20 Å². The minimum atomic E-state index is -0.710. The monoisotopic (exact) mass is 203 g/mol. The highest BCUT2D eigenvalue weighted by atomic mass is 32.2. The Morgan fingerprint density at radius 1 is 1.46 bits per heavy atom. The van der Waals surface area contributed by atoms with Gasteiger partial charge in [0.05, 0.1) is 12.1 Å². The average Bonchev–Trinajstić information content (AvgIpc) is 2.08. The van der Waals surface area contributed by atoms with Gasteiger partial charge in [0, 0.05) is 28.0 Å². The third-order valence-corrected chi connectivity index (χ3v) is 3.60. The number of hydrogen-bond donors (Lipinski definition) is 1. The fourth-order valence-electron chi connectivity index (χ4n) is 1.30. The minimum Gasteiger partial charge on any atom is -0.388 e. The summed E-state index contributed by atoms with van der Waals surface area (Å²) in [5.74, 6) is 1.24. The molecule has 1 saturated heterocycles. The van der Waals surface area contributed by atoms with Gasteiger partial charge in [-0.05, 0) is 26.7 Å². The molecule has 0 aromatic heterocycles. The van der Waals surface area contributed by atoms with Crippen molar-refractivity contribution in [2.45, 2.75) is 32.3 Å². The third-order valence-electron chi connectivity index (χ3n) is 2.28. The van der Waals surface area contributed by atoms with Gasteiger partial charge in [0.2, 0.25) is 0 Å². The van der Waals surface area contributed by atoms with Gasteiger partial charge in [0.1, 0.15) is 0 Å². The van der Waals surface area contributed by atoms with Crippen molar-refractivity contribution in [1.82, 2.24) is 0 Å². The van der Waals surface area contributed by atoms with Gasteiger partial charge in [0.15, 0.2) is 0 Å². The summed E-state index contributed by atoms with van der Waals surface area (Å²) >= 11 is 0. The van der Waals surface area contributed by atoms with Gasteiger partial charge in [-0.25, -0.2) is 0 Å². The number of nitrogens with zero attached hydrogens (tertiary/aromatic N) is 1. The van der Waals surface area contributed by atoms with E-state index in [0.717, 1.165) is 5.71 Å². The number of aliphatic imine (C=N–C) groups is 1. The van der Waals surface area contributed by atoms with Gasteiger partial charge in [-0.15, -0.1) is 0 Å². The van der Waals surface area contributed by atoms with Gasteiger partial charge in [-0.2, -0.15) is 0 Å². The first-order valence-corrected chi connectivity index (χ1v) is 6.06. The minimum absolute atomic E-state index is 0.465. The molecule has 3 nitrogen and oxygen atoms in total. The van der Waals surface area contributed by atoms with Crippen LogP contribution in [-0.4, -0.2) is 38.7 Å². The van der Waals surface area contributed by atoms with Crippen molar-refractivity contribution in [3.05, 3.63) is 0 Å². The van der Waals surface area contributed by atoms with E-state index in [4.69, 9.17) is 0 Å². The average molecular weight is 203 g/mol. The maximum atomic E-state index is 11.1. The van der Waals surface area contributed by atoms with Crippen LogP contribution >= 0.6 is 0 Å². The zero-order valence-corrected chi connectivity index (χ0v) is 9.06. The first-order valence-electron chi connectivity index (χ1n) is 4.57. The summed E-state index contributed by atoms with van der Waals surface area (Å²) in [5, 5.41) is 10.00. The molecule has 0 aromatic rings. The number of rotatable bonds is 2. The van der Waals surface area contributed by atoms with Crippen LogP contribution in [0.3, 0.4) is 0 Å². The summed E-state index contributed by atoms with van der Waals surface area (Å²) < 4.78 is 11.1. The van der Waals surface area contributed by atoms with Crippen LogP contribution in [0, 0.1) is 0 Å². The van der Waals surface area contributed by atoms with Crippen LogP contribution in [0.25, 0.3) is 0 Å². The highest BCUT2D eigenvalue weighted by molar-refractivity contribution is 7.85. The van der Waals surface area contributed by atoms with Gasteiger partial charge in [0.25, 0.3) is 0 Å². The normalized spacial score (nSPS) is 34.2. The molecule has 0 unspecified atom stereocenters. The molecule has 1 aliphatic rings. The largest absolute Gasteiger partial charge is 0.388 e. The fourth-order valence-corrected chi connectivity index (χ4v) is 2.72. The predicted octanol–water partition coefficient (Wildman–Crippen LogP) is 0.741. The molecule has 1 rings (SSSR count). The van der Waals surface area contributed by atoms with E-state index in [1.54, 1.807) is 0 Å². The first-order chi connectivity index (χ1) is 6.02. The Bertz CT molecular complexity index is 224. The molecule has 76 valence electrons. The highest BCUT2D eigenvalue weighted by Crippen LogP contribution is 2.22. The molecule has 1 aliphatic heterocycles. The molecular formula is C9H17NO2S. The summed E-state index contributed by atoms with van der Waals surface area (Å²) in [6.45, 7) is 4.31. The summed E-state index contributed by atoms with van der Waals surface area (Å²) in [7, 11) is -0.710. The Morgan fingerprint density at radius 2 is 2.00 bits per heavy atom. The summed E-state index contributed by atoms with van der Waals surface area (Å²) in [5.41, 5.74) is 0.297. The number of aliphatic hydroxyl groups is 1. The van der Waals surface area contributed by atoms with Gasteiger partial charge < -0.3 is 5.11 Å². The molecule has 0 amide bonds. The van der Waals surface area contributed by atoms with E-state index in [-0.39, 0.29) is 0 Å².